The maximum Gasteiger partial charge on any atom is 0.405 e. The zero-order chi connectivity index (χ0) is 16.2. The lowest BCUT2D eigenvalue weighted by molar-refractivity contribution is -0.137. The molecule has 1 fully saturated rings. The summed E-state index contributed by atoms with van der Waals surface area (Å²) in [5.41, 5.74) is 0. The van der Waals surface area contributed by atoms with Gasteiger partial charge in [-0.3, -0.25) is 4.79 Å². The second-order valence-corrected chi connectivity index (χ2v) is 7.09. The van der Waals surface area contributed by atoms with Crippen LogP contribution in [0.3, 0.4) is 0 Å². The Labute approximate surface area is 133 Å². The molecule has 124 valence electrons. The number of carbonyl (C=O) groups excluding carboxylic acids is 1. The van der Waals surface area contributed by atoms with Gasteiger partial charge in [-0.15, -0.1) is 10.2 Å². The van der Waals surface area contributed by atoms with Crippen LogP contribution in [0.25, 0.3) is 0 Å². The van der Waals surface area contributed by atoms with Crippen LogP contribution in [-0.4, -0.2) is 60.4 Å². The van der Waals surface area contributed by atoms with Gasteiger partial charge in [-0.25, -0.2) is 0 Å². The van der Waals surface area contributed by atoms with E-state index in [1.807, 2.05) is 10.2 Å². The van der Waals surface area contributed by atoms with E-state index in [0.29, 0.717) is 17.6 Å². The van der Waals surface area contributed by atoms with Crippen LogP contribution < -0.4 is 10.2 Å². The molecule has 1 unspecified atom stereocenters. The summed E-state index contributed by atoms with van der Waals surface area (Å²) >= 11 is 2.41. The van der Waals surface area contributed by atoms with Crippen LogP contribution >= 0.6 is 23.1 Å². The second-order valence-electron chi connectivity index (χ2n) is 4.54. The number of alkyl halides is 3. The van der Waals surface area contributed by atoms with Crippen LogP contribution in [0.15, 0.2) is 4.34 Å². The van der Waals surface area contributed by atoms with E-state index in [4.69, 9.17) is 4.74 Å². The third-order valence-electron chi connectivity index (χ3n) is 2.79. The van der Waals surface area contributed by atoms with E-state index in [-0.39, 0.29) is 0 Å². The molecule has 1 aromatic rings. The van der Waals surface area contributed by atoms with Crippen LogP contribution in [0.4, 0.5) is 18.3 Å². The highest BCUT2D eigenvalue weighted by Crippen LogP contribution is 2.31. The van der Waals surface area contributed by atoms with Crippen molar-refractivity contribution in [1.29, 1.82) is 0 Å². The molecule has 2 rings (SSSR count). The van der Waals surface area contributed by atoms with Crippen molar-refractivity contribution >= 4 is 34.1 Å². The minimum Gasteiger partial charge on any atom is -0.378 e. The number of halogens is 3. The monoisotopic (exact) mass is 356 g/mol. The molecule has 0 aliphatic carbocycles. The maximum absolute atomic E-state index is 12.1. The van der Waals surface area contributed by atoms with Gasteiger partial charge in [0.15, 0.2) is 4.34 Å². The first kappa shape index (κ1) is 17.3. The van der Waals surface area contributed by atoms with Crippen molar-refractivity contribution in [3.63, 3.8) is 0 Å². The van der Waals surface area contributed by atoms with Gasteiger partial charge in [0.25, 0.3) is 0 Å². The summed E-state index contributed by atoms with van der Waals surface area (Å²) in [6, 6.07) is 0. The van der Waals surface area contributed by atoms with E-state index in [9.17, 15) is 18.0 Å². The first-order chi connectivity index (χ1) is 10.3. The van der Waals surface area contributed by atoms with Crippen LogP contribution in [0, 0.1) is 0 Å². The highest BCUT2D eigenvalue weighted by Gasteiger charge is 2.29. The molecule has 22 heavy (non-hydrogen) atoms. The minimum absolute atomic E-state index is 0.552. The van der Waals surface area contributed by atoms with Crippen molar-refractivity contribution in [2.75, 3.05) is 37.7 Å². The Kier molecular flexibility index (Phi) is 5.87. The number of amides is 1. The quantitative estimate of drug-likeness (QED) is 0.807. The molecule has 1 N–H and O–H groups in total. The predicted octanol–water partition coefficient (Wildman–Crippen LogP) is 1.53. The van der Waals surface area contributed by atoms with E-state index < -0.39 is 23.9 Å². The zero-order valence-electron chi connectivity index (χ0n) is 11.7. The molecule has 1 aliphatic heterocycles. The topological polar surface area (TPSA) is 67.3 Å². The summed E-state index contributed by atoms with van der Waals surface area (Å²) in [7, 11) is 0. The summed E-state index contributed by atoms with van der Waals surface area (Å²) < 4.78 is 42.0. The summed E-state index contributed by atoms with van der Waals surface area (Å²) in [5, 5.41) is 9.93. The van der Waals surface area contributed by atoms with Gasteiger partial charge >= 0.3 is 6.18 Å². The fraction of sp³-hybridized carbons (Fsp3) is 0.727. The van der Waals surface area contributed by atoms with Gasteiger partial charge in [0.1, 0.15) is 6.54 Å². The highest BCUT2D eigenvalue weighted by atomic mass is 32.2. The first-order valence-corrected chi connectivity index (χ1v) is 8.22. The van der Waals surface area contributed by atoms with Crippen molar-refractivity contribution in [2.45, 2.75) is 22.7 Å². The number of hydrogen-bond donors (Lipinski definition) is 1. The smallest absolute Gasteiger partial charge is 0.378 e. The number of rotatable bonds is 5. The number of nitrogens with zero attached hydrogens (tertiary/aromatic N) is 3. The van der Waals surface area contributed by atoms with Gasteiger partial charge in [-0.05, 0) is 6.92 Å². The van der Waals surface area contributed by atoms with Crippen LogP contribution in [-0.2, 0) is 9.53 Å². The SMILES string of the molecule is CC(Sc1nnc(N2CCOCC2)s1)C(=O)NCC(F)(F)F. The lowest BCUT2D eigenvalue weighted by atomic mass is 10.4. The van der Waals surface area contributed by atoms with E-state index in [1.165, 1.54) is 18.3 Å². The molecule has 1 saturated heterocycles. The normalized spacial score (nSPS) is 17.4. The Bertz CT molecular complexity index is 506. The maximum atomic E-state index is 12.1. The average molecular weight is 356 g/mol. The largest absolute Gasteiger partial charge is 0.405 e. The average Bonchev–Trinajstić information content (AvgIpc) is 2.93. The molecule has 0 spiro atoms. The minimum atomic E-state index is -4.41. The summed E-state index contributed by atoms with van der Waals surface area (Å²) in [4.78, 5) is 13.6. The van der Waals surface area contributed by atoms with Crippen molar-refractivity contribution in [1.82, 2.24) is 15.5 Å². The molecule has 0 aromatic carbocycles. The van der Waals surface area contributed by atoms with Crippen molar-refractivity contribution < 1.29 is 22.7 Å². The molecular weight excluding hydrogens is 341 g/mol. The summed E-state index contributed by atoms with van der Waals surface area (Å²) in [5.74, 6) is -0.676. The van der Waals surface area contributed by atoms with Gasteiger partial charge in [-0.2, -0.15) is 13.2 Å². The van der Waals surface area contributed by atoms with Gasteiger partial charge in [0, 0.05) is 13.1 Å². The Morgan fingerprint density at radius 3 is 2.77 bits per heavy atom. The summed E-state index contributed by atoms with van der Waals surface area (Å²) in [6.07, 6.45) is -4.41. The number of nitrogens with one attached hydrogen (secondary N) is 1. The number of morpholine rings is 1. The molecule has 1 amide bonds. The molecule has 11 heteroatoms. The van der Waals surface area contributed by atoms with E-state index in [1.54, 1.807) is 0 Å². The number of ether oxygens (including phenoxy) is 1. The molecule has 6 nitrogen and oxygen atoms in total. The number of aromatic nitrogens is 2. The molecule has 0 saturated carbocycles. The fourth-order valence-corrected chi connectivity index (χ4v) is 3.73. The Hall–Kier alpha value is -1.07. The standard InChI is InChI=1S/C11H15F3N4O2S2/c1-7(8(19)15-6-11(12,13)14)21-10-17-16-9(22-10)18-2-4-20-5-3-18/h7H,2-6H2,1H3,(H,15,19). The lowest BCUT2D eigenvalue weighted by Crippen LogP contribution is -2.37. The Morgan fingerprint density at radius 1 is 1.45 bits per heavy atom. The first-order valence-electron chi connectivity index (χ1n) is 6.52. The molecule has 2 heterocycles. The molecule has 1 aromatic heterocycles. The van der Waals surface area contributed by atoms with Crippen LogP contribution in [0.2, 0.25) is 0 Å². The van der Waals surface area contributed by atoms with Crippen molar-refractivity contribution in [3.05, 3.63) is 0 Å². The molecule has 1 atom stereocenters. The van der Waals surface area contributed by atoms with Crippen molar-refractivity contribution in [3.8, 4) is 0 Å². The van der Waals surface area contributed by atoms with E-state index in [0.717, 1.165) is 30.0 Å². The third kappa shape index (κ3) is 5.29. The Balaban J connectivity index is 1.85. The van der Waals surface area contributed by atoms with Crippen LogP contribution in [0.1, 0.15) is 6.92 Å². The van der Waals surface area contributed by atoms with E-state index in [2.05, 4.69) is 10.2 Å². The number of carbonyl (C=O) groups is 1. The second kappa shape index (κ2) is 7.47. The van der Waals surface area contributed by atoms with Gasteiger partial charge in [0.2, 0.25) is 11.0 Å². The number of hydrogen-bond acceptors (Lipinski definition) is 7. The van der Waals surface area contributed by atoms with E-state index >= 15 is 0 Å². The number of thioether (sulfide) groups is 1. The van der Waals surface area contributed by atoms with Gasteiger partial charge in [0.05, 0.1) is 18.5 Å². The molecule has 0 radical (unpaired) electrons. The molecule has 1 aliphatic rings. The van der Waals surface area contributed by atoms with Crippen LogP contribution in [0.5, 0.6) is 0 Å². The Morgan fingerprint density at radius 2 is 2.14 bits per heavy atom. The number of anilines is 1. The van der Waals surface area contributed by atoms with Gasteiger partial charge in [-0.1, -0.05) is 23.1 Å². The zero-order valence-corrected chi connectivity index (χ0v) is 13.4. The lowest BCUT2D eigenvalue weighted by Gasteiger charge is -2.25. The predicted molar refractivity (Wildman–Crippen MR) is 77.3 cm³/mol. The highest BCUT2D eigenvalue weighted by molar-refractivity contribution is 8.02. The summed E-state index contributed by atoms with van der Waals surface area (Å²) in [6.45, 7) is 2.90. The molecule has 0 bridgehead atoms. The molecular formula is C11H15F3N4O2S2. The fourth-order valence-electron chi connectivity index (χ4n) is 1.67. The van der Waals surface area contributed by atoms with Crippen molar-refractivity contribution in [2.24, 2.45) is 0 Å². The van der Waals surface area contributed by atoms with Gasteiger partial charge < -0.3 is 15.0 Å². The third-order valence-corrected chi connectivity index (χ3v) is 4.96.